The van der Waals surface area contributed by atoms with E-state index in [9.17, 15) is 19.4 Å². The SMILES string of the molecule is CC/C=C\C/C=C\C/C=C\C/C=C\C/C=C\C/C=C\C/C=C\C/C=C\C/C=C\C/C=C\C/C=C\CCCCCCCCCC(=O)NC(COP(=O)(O)OCC[N+](C)(C)C)C(O)CCCCCCCCCCCCCCCCCCCCCCCCC. The Morgan fingerprint density at radius 2 is 0.698 bits per heavy atom. The molecule has 0 rings (SSSR count). The average molecular weight is 1220 g/mol. The maximum Gasteiger partial charge on any atom is 0.472 e. The minimum absolute atomic E-state index is 0.0666. The molecule has 0 aromatic carbocycles. The van der Waals surface area contributed by atoms with Crippen LogP contribution in [-0.2, 0) is 18.4 Å². The lowest BCUT2D eigenvalue weighted by atomic mass is 10.0. The zero-order chi connectivity index (χ0) is 62.6. The van der Waals surface area contributed by atoms with Gasteiger partial charge in [0.2, 0.25) is 5.91 Å². The standard InChI is InChI=1S/C77H135N2O6P/c1-6-8-10-12-14-16-18-20-22-24-26-28-30-31-32-33-34-35-36-37-38-39-40-41-42-43-44-45-46-47-49-51-53-55-57-59-61-63-65-67-69-71-77(81)78-75(74-85-86(82,83)84-73-72-79(3,4)5)76(80)70-68-66-64-62-60-58-56-54-52-50-48-29-27-25-23-21-19-17-15-13-11-9-7-2/h8,10,14,16,20,22,26,28,31-32,34-35,37-38,40-41,43-44,46-47,51,53,75-76,80H,6-7,9,11-13,15,17-19,21,23-25,27,29-30,33,36,39,42,45,48-50,52,54-74H2,1-5H3,(H-,78,81,82,83)/p+1/b10-8-,16-14-,22-20-,28-26-,32-31-,35-34-,38-37-,41-40-,44-43-,47-46-,53-51-. The van der Waals surface area contributed by atoms with Crippen LogP contribution in [0, 0.1) is 0 Å². The molecule has 0 heterocycles. The molecule has 0 spiro atoms. The fourth-order valence-corrected chi connectivity index (χ4v) is 10.7. The number of nitrogens with one attached hydrogen (secondary N) is 1. The van der Waals surface area contributed by atoms with Crippen molar-refractivity contribution in [1.29, 1.82) is 0 Å². The lowest BCUT2D eigenvalue weighted by Crippen LogP contribution is -2.46. The molecule has 3 unspecified atom stereocenters. The van der Waals surface area contributed by atoms with Gasteiger partial charge in [0.05, 0.1) is 39.9 Å². The summed E-state index contributed by atoms with van der Waals surface area (Å²) in [4.78, 5) is 23.5. The van der Waals surface area contributed by atoms with Gasteiger partial charge in [0.15, 0.2) is 0 Å². The van der Waals surface area contributed by atoms with Crippen molar-refractivity contribution in [2.45, 2.75) is 309 Å². The van der Waals surface area contributed by atoms with Gasteiger partial charge in [0, 0.05) is 6.42 Å². The molecule has 0 bridgehead atoms. The van der Waals surface area contributed by atoms with Crippen LogP contribution in [0.4, 0.5) is 0 Å². The fraction of sp³-hybridized carbons (Fsp3) is 0.701. The molecule has 0 radical (unpaired) electrons. The third-order valence-electron chi connectivity index (χ3n) is 15.4. The highest BCUT2D eigenvalue weighted by Crippen LogP contribution is 2.43. The van der Waals surface area contributed by atoms with Crippen LogP contribution in [0.5, 0.6) is 0 Å². The van der Waals surface area contributed by atoms with Crippen LogP contribution in [0.15, 0.2) is 134 Å². The number of carbonyl (C=O) groups is 1. The summed E-state index contributed by atoms with van der Waals surface area (Å²) >= 11 is 0. The number of phosphoric ester groups is 1. The maximum atomic E-state index is 13.1. The molecule has 0 aromatic heterocycles. The van der Waals surface area contributed by atoms with Gasteiger partial charge < -0.3 is 19.8 Å². The number of likely N-dealkylation sites (N-methyl/N-ethyl adjacent to an activating group) is 1. The molecule has 3 atom stereocenters. The Kier molecular flexibility index (Phi) is 63.5. The van der Waals surface area contributed by atoms with Crippen LogP contribution in [0.3, 0.4) is 0 Å². The molecule has 0 aliphatic carbocycles. The van der Waals surface area contributed by atoms with E-state index in [0.717, 1.165) is 122 Å². The number of rotatable bonds is 64. The predicted molar refractivity (Wildman–Crippen MR) is 378 cm³/mol. The maximum absolute atomic E-state index is 13.1. The van der Waals surface area contributed by atoms with Gasteiger partial charge in [-0.15, -0.1) is 0 Å². The summed E-state index contributed by atoms with van der Waals surface area (Å²) in [5.41, 5.74) is 0. The van der Waals surface area contributed by atoms with Crippen LogP contribution in [0.1, 0.15) is 296 Å². The van der Waals surface area contributed by atoms with Crippen LogP contribution in [0.2, 0.25) is 0 Å². The Hall–Kier alpha value is -3.36. The van der Waals surface area contributed by atoms with E-state index in [0.29, 0.717) is 23.9 Å². The molecule has 0 fully saturated rings. The smallest absolute Gasteiger partial charge is 0.391 e. The Morgan fingerprint density at radius 1 is 0.407 bits per heavy atom. The first-order valence-electron chi connectivity index (χ1n) is 35.5. The summed E-state index contributed by atoms with van der Waals surface area (Å²) in [5, 5.41) is 14.1. The van der Waals surface area contributed by atoms with Gasteiger partial charge in [-0.25, -0.2) is 4.57 Å². The molecular weight excluding hydrogens is 1080 g/mol. The number of phosphoric acid groups is 1. The van der Waals surface area contributed by atoms with E-state index in [2.05, 4.69) is 153 Å². The normalized spacial score (nSPS) is 14.5. The Bertz CT molecular complexity index is 1870. The number of hydrogen-bond acceptors (Lipinski definition) is 5. The van der Waals surface area contributed by atoms with Crippen LogP contribution < -0.4 is 5.32 Å². The van der Waals surface area contributed by atoms with Gasteiger partial charge in [-0.2, -0.15) is 0 Å². The first-order chi connectivity index (χ1) is 42.0. The van der Waals surface area contributed by atoms with E-state index in [4.69, 9.17) is 9.05 Å². The molecule has 8 nitrogen and oxygen atoms in total. The monoisotopic (exact) mass is 1220 g/mol. The molecular formula is C77H136N2O6P+. The molecule has 3 N–H and O–H groups in total. The average Bonchev–Trinajstić information content (AvgIpc) is 3.70. The number of allylic oxidation sites excluding steroid dienone is 22. The number of aliphatic hydroxyl groups excluding tert-OH is 1. The number of quaternary nitrogens is 1. The summed E-state index contributed by atoms with van der Waals surface area (Å²) in [6, 6.07) is -0.777. The summed E-state index contributed by atoms with van der Waals surface area (Å²) < 4.78 is 23.9. The summed E-state index contributed by atoms with van der Waals surface area (Å²) in [5.74, 6) is -0.157. The Labute approximate surface area is 532 Å². The van der Waals surface area contributed by atoms with Gasteiger partial charge in [0.1, 0.15) is 13.2 Å². The van der Waals surface area contributed by atoms with Crippen molar-refractivity contribution in [3.63, 3.8) is 0 Å². The molecule has 494 valence electrons. The van der Waals surface area contributed by atoms with Crippen molar-refractivity contribution in [3.05, 3.63) is 134 Å². The van der Waals surface area contributed by atoms with Crippen LogP contribution in [0.25, 0.3) is 0 Å². The molecule has 0 aliphatic rings. The van der Waals surface area contributed by atoms with E-state index in [1.807, 2.05) is 21.1 Å². The highest BCUT2D eigenvalue weighted by atomic mass is 31.2. The second-order valence-corrected chi connectivity index (χ2v) is 26.3. The fourth-order valence-electron chi connectivity index (χ4n) is 9.94. The van der Waals surface area contributed by atoms with Gasteiger partial charge in [-0.05, 0) is 96.3 Å². The molecule has 86 heavy (non-hydrogen) atoms. The number of hydrogen-bond donors (Lipinski definition) is 3. The quantitative estimate of drug-likeness (QED) is 0.0243. The first kappa shape index (κ1) is 82.6. The molecule has 0 saturated heterocycles. The third-order valence-corrected chi connectivity index (χ3v) is 16.4. The van der Waals surface area contributed by atoms with Gasteiger partial charge >= 0.3 is 7.82 Å². The Morgan fingerprint density at radius 3 is 1.02 bits per heavy atom. The summed E-state index contributed by atoms with van der Waals surface area (Å²) in [6.07, 6.45) is 99.7. The minimum Gasteiger partial charge on any atom is -0.391 e. The summed E-state index contributed by atoms with van der Waals surface area (Å²) in [6.45, 7) is 4.78. The zero-order valence-corrected chi connectivity index (χ0v) is 57.4. The van der Waals surface area contributed by atoms with E-state index in [1.54, 1.807) is 0 Å². The van der Waals surface area contributed by atoms with Crippen LogP contribution >= 0.6 is 7.82 Å². The molecule has 0 saturated carbocycles. The number of carbonyl (C=O) groups excluding carboxylic acids is 1. The number of unbranched alkanes of at least 4 members (excludes halogenated alkanes) is 29. The van der Waals surface area contributed by atoms with Gasteiger partial charge in [-0.3, -0.25) is 13.8 Å². The van der Waals surface area contributed by atoms with Crippen molar-refractivity contribution in [1.82, 2.24) is 5.32 Å². The van der Waals surface area contributed by atoms with Gasteiger partial charge in [0.25, 0.3) is 0 Å². The van der Waals surface area contributed by atoms with Crippen molar-refractivity contribution in [2.24, 2.45) is 0 Å². The predicted octanol–water partition coefficient (Wildman–Crippen LogP) is 23.0. The molecule has 1 amide bonds. The van der Waals surface area contributed by atoms with Crippen molar-refractivity contribution in [3.8, 4) is 0 Å². The second-order valence-electron chi connectivity index (χ2n) is 24.9. The third kappa shape index (κ3) is 68.1. The lowest BCUT2D eigenvalue weighted by Gasteiger charge is -2.26. The first-order valence-corrected chi connectivity index (χ1v) is 37.0. The van der Waals surface area contributed by atoms with Crippen LogP contribution in [-0.4, -0.2) is 73.4 Å². The topological polar surface area (TPSA) is 105 Å². The molecule has 0 aromatic rings. The number of nitrogens with zero attached hydrogens (tertiary/aromatic N) is 1. The lowest BCUT2D eigenvalue weighted by molar-refractivity contribution is -0.870. The van der Waals surface area contributed by atoms with E-state index < -0.39 is 20.0 Å². The van der Waals surface area contributed by atoms with E-state index in [-0.39, 0.29) is 19.1 Å². The molecule has 9 heteroatoms. The van der Waals surface area contributed by atoms with Crippen molar-refractivity contribution >= 4 is 13.7 Å². The highest BCUT2D eigenvalue weighted by molar-refractivity contribution is 7.47. The number of amides is 1. The van der Waals surface area contributed by atoms with E-state index >= 15 is 0 Å². The highest BCUT2D eigenvalue weighted by Gasteiger charge is 2.28. The van der Waals surface area contributed by atoms with Gasteiger partial charge in [-0.1, -0.05) is 327 Å². The Balaban J connectivity index is 4.12. The largest absolute Gasteiger partial charge is 0.472 e. The van der Waals surface area contributed by atoms with E-state index in [1.165, 1.54) is 148 Å². The number of aliphatic hydroxyl groups is 1. The zero-order valence-electron chi connectivity index (χ0n) is 56.5. The summed E-state index contributed by atoms with van der Waals surface area (Å²) in [7, 11) is 1.60. The van der Waals surface area contributed by atoms with Crippen molar-refractivity contribution in [2.75, 3.05) is 40.9 Å². The second kappa shape index (κ2) is 66.1. The van der Waals surface area contributed by atoms with Crippen molar-refractivity contribution < 1.29 is 32.9 Å². The minimum atomic E-state index is -4.34. The molecule has 0 aliphatic heterocycles.